The van der Waals surface area contributed by atoms with Crippen molar-refractivity contribution in [3.63, 3.8) is 0 Å². The number of carbonyl (C=O) groups excluding carboxylic acids is 1. The Hall–Kier alpha value is -1.88. The van der Waals surface area contributed by atoms with Crippen LogP contribution in [-0.4, -0.2) is 17.4 Å². The SMILES string of the molecule is CCCCNC(=O)Cc1csc(COc2ccc(C)cc2)n1. The van der Waals surface area contributed by atoms with E-state index < -0.39 is 0 Å². The van der Waals surface area contributed by atoms with Crippen LogP contribution in [0.25, 0.3) is 0 Å². The third kappa shape index (κ3) is 5.48. The Bertz CT molecular complexity index is 593. The fourth-order valence-electron chi connectivity index (χ4n) is 1.91. The number of hydrogen-bond donors (Lipinski definition) is 1. The maximum atomic E-state index is 11.7. The molecule has 0 bridgehead atoms. The molecule has 1 N–H and O–H groups in total. The second-order valence-corrected chi connectivity index (χ2v) is 6.16. The fourth-order valence-corrected chi connectivity index (χ4v) is 2.61. The fraction of sp³-hybridized carbons (Fsp3) is 0.412. The zero-order valence-corrected chi connectivity index (χ0v) is 13.9. The number of carbonyl (C=O) groups is 1. The first-order chi connectivity index (χ1) is 10.7. The number of ether oxygens (including phenoxy) is 1. The molecule has 0 unspecified atom stereocenters. The zero-order valence-electron chi connectivity index (χ0n) is 13.1. The van der Waals surface area contributed by atoms with Crippen LogP contribution >= 0.6 is 11.3 Å². The van der Waals surface area contributed by atoms with Crippen LogP contribution in [0.3, 0.4) is 0 Å². The standard InChI is InChI=1S/C17H22N2O2S/c1-3-4-9-18-16(20)10-14-12-22-17(19-14)11-21-15-7-5-13(2)6-8-15/h5-8,12H,3-4,9-11H2,1-2H3,(H,18,20). The average molecular weight is 318 g/mol. The van der Waals surface area contributed by atoms with Crippen molar-refractivity contribution in [2.24, 2.45) is 0 Å². The number of aryl methyl sites for hydroxylation is 1. The number of amides is 1. The minimum Gasteiger partial charge on any atom is -0.486 e. The Morgan fingerprint density at radius 1 is 1.32 bits per heavy atom. The third-order valence-electron chi connectivity index (χ3n) is 3.18. The van der Waals surface area contributed by atoms with Gasteiger partial charge in [0.15, 0.2) is 0 Å². The van der Waals surface area contributed by atoms with Crippen molar-refractivity contribution < 1.29 is 9.53 Å². The molecule has 1 aromatic carbocycles. The highest BCUT2D eigenvalue weighted by molar-refractivity contribution is 7.09. The second kappa shape index (κ2) is 8.54. The number of rotatable bonds is 8. The number of aromatic nitrogens is 1. The first kappa shape index (κ1) is 16.5. The normalized spacial score (nSPS) is 10.5. The molecule has 22 heavy (non-hydrogen) atoms. The third-order valence-corrected chi connectivity index (χ3v) is 4.05. The van der Waals surface area contributed by atoms with E-state index in [0.717, 1.165) is 35.8 Å². The lowest BCUT2D eigenvalue weighted by molar-refractivity contribution is -0.120. The molecule has 0 spiro atoms. The summed E-state index contributed by atoms with van der Waals surface area (Å²) in [7, 11) is 0. The van der Waals surface area contributed by atoms with Gasteiger partial charge in [-0.2, -0.15) is 0 Å². The number of nitrogens with one attached hydrogen (secondary N) is 1. The summed E-state index contributed by atoms with van der Waals surface area (Å²) < 4.78 is 5.69. The second-order valence-electron chi connectivity index (χ2n) is 5.21. The van der Waals surface area contributed by atoms with Crippen LogP contribution in [0.2, 0.25) is 0 Å². The highest BCUT2D eigenvalue weighted by Crippen LogP contribution is 2.16. The van der Waals surface area contributed by atoms with E-state index in [4.69, 9.17) is 4.74 Å². The van der Waals surface area contributed by atoms with E-state index in [-0.39, 0.29) is 5.91 Å². The Morgan fingerprint density at radius 2 is 2.09 bits per heavy atom. The van der Waals surface area contributed by atoms with Gasteiger partial charge in [-0.3, -0.25) is 4.79 Å². The van der Waals surface area contributed by atoms with Crippen LogP contribution in [0.5, 0.6) is 5.75 Å². The molecule has 2 rings (SSSR count). The molecule has 118 valence electrons. The molecular weight excluding hydrogens is 296 g/mol. The van der Waals surface area contributed by atoms with Gasteiger partial charge in [0.05, 0.1) is 12.1 Å². The van der Waals surface area contributed by atoms with E-state index in [1.165, 1.54) is 16.9 Å². The van der Waals surface area contributed by atoms with Gasteiger partial charge < -0.3 is 10.1 Å². The van der Waals surface area contributed by atoms with Gasteiger partial charge >= 0.3 is 0 Å². The summed E-state index contributed by atoms with van der Waals surface area (Å²) in [6.45, 7) is 5.32. The van der Waals surface area contributed by atoms with E-state index in [1.54, 1.807) is 0 Å². The highest BCUT2D eigenvalue weighted by Gasteiger charge is 2.08. The summed E-state index contributed by atoms with van der Waals surface area (Å²) in [5, 5.41) is 5.71. The number of unbranched alkanes of at least 4 members (excludes halogenated alkanes) is 1. The van der Waals surface area contributed by atoms with Crippen molar-refractivity contribution in [1.82, 2.24) is 10.3 Å². The molecule has 0 fully saturated rings. The predicted molar refractivity (Wildman–Crippen MR) is 89.2 cm³/mol. The quantitative estimate of drug-likeness (QED) is 0.758. The van der Waals surface area contributed by atoms with Crippen LogP contribution in [0.15, 0.2) is 29.6 Å². The molecule has 0 radical (unpaired) electrons. The van der Waals surface area contributed by atoms with Gasteiger partial charge in [-0.15, -0.1) is 11.3 Å². The van der Waals surface area contributed by atoms with Crippen molar-refractivity contribution in [2.75, 3.05) is 6.54 Å². The van der Waals surface area contributed by atoms with Crippen molar-refractivity contribution in [3.8, 4) is 5.75 Å². The van der Waals surface area contributed by atoms with Gasteiger partial charge in [0, 0.05) is 11.9 Å². The Balaban J connectivity index is 1.78. The van der Waals surface area contributed by atoms with Gasteiger partial charge in [0.2, 0.25) is 5.91 Å². The molecule has 0 atom stereocenters. The summed E-state index contributed by atoms with van der Waals surface area (Å²) in [6.07, 6.45) is 2.43. The lowest BCUT2D eigenvalue weighted by Gasteiger charge is -2.04. The molecule has 4 nitrogen and oxygen atoms in total. The summed E-state index contributed by atoms with van der Waals surface area (Å²) in [5.41, 5.74) is 2.01. The van der Waals surface area contributed by atoms with E-state index in [1.807, 2.05) is 36.6 Å². The van der Waals surface area contributed by atoms with Gasteiger partial charge in [-0.25, -0.2) is 4.98 Å². The zero-order chi connectivity index (χ0) is 15.8. The van der Waals surface area contributed by atoms with E-state index >= 15 is 0 Å². The molecule has 1 heterocycles. The lowest BCUT2D eigenvalue weighted by atomic mass is 10.2. The van der Waals surface area contributed by atoms with Crippen molar-refractivity contribution in [1.29, 1.82) is 0 Å². The minimum atomic E-state index is 0.0322. The molecule has 0 aliphatic rings. The Kier molecular flexibility index (Phi) is 6.40. The molecule has 5 heteroatoms. The molecular formula is C17H22N2O2S. The smallest absolute Gasteiger partial charge is 0.226 e. The summed E-state index contributed by atoms with van der Waals surface area (Å²) in [5.74, 6) is 0.865. The number of nitrogens with zero attached hydrogens (tertiary/aromatic N) is 1. The summed E-state index contributed by atoms with van der Waals surface area (Å²) in [6, 6.07) is 7.93. The molecule has 1 amide bonds. The highest BCUT2D eigenvalue weighted by atomic mass is 32.1. The largest absolute Gasteiger partial charge is 0.486 e. The van der Waals surface area contributed by atoms with E-state index in [0.29, 0.717) is 13.0 Å². The Morgan fingerprint density at radius 3 is 2.82 bits per heavy atom. The van der Waals surface area contributed by atoms with Crippen LogP contribution < -0.4 is 10.1 Å². The molecule has 1 aromatic heterocycles. The van der Waals surface area contributed by atoms with E-state index in [9.17, 15) is 4.79 Å². The summed E-state index contributed by atoms with van der Waals surface area (Å²) >= 11 is 1.53. The van der Waals surface area contributed by atoms with E-state index in [2.05, 4.69) is 17.2 Å². The van der Waals surface area contributed by atoms with Crippen molar-refractivity contribution in [3.05, 3.63) is 45.9 Å². The van der Waals surface area contributed by atoms with Gasteiger partial charge in [-0.1, -0.05) is 31.0 Å². The van der Waals surface area contributed by atoms with Crippen molar-refractivity contribution >= 4 is 17.2 Å². The van der Waals surface area contributed by atoms with Crippen LogP contribution in [-0.2, 0) is 17.8 Å². The topological polar surface area (TPSA) is 51.2 Å². The first-order valence-corrected chi connectivity index (χ1v) is 8.44. The minimum absolute atomic E-state index is 0.0322. The van der Waals surface area contributed by atoms with Gasteiger partial charge in [0.25, 0.3) is 0 Å². The first-order valence-electron chi connectivity index (χ1n) is 7.57. The monoisotopic (exact) mass is 318 g/mol. The number of benzene rings is 1. The average Bonchev–Trinajstić information content (AvgIpc) is 2.94. The van der Waals surface area contributed by atoms with Crippen LogP contribution in [0.4, 0.5) is 0 Å². The summed E-state index contributed by atoms with van der Waals surface area (Å²) in [4.78, 5) is 16.2. The molecule has 2 aromatic rings. The molecule has 0 aliphatic heterocycles. The number of thiazole rings is 1. The number of hydrogen-bond acceptors (Lipinski definition) is 4. The van der Waals surface area contributed by atoms with Gasteiger partial charge in [0.1, 0.15) is 17.4 Å². The lowest BCUT2D eigenvalue weighted by Crippen LogP contribution is -2.26. The molecule has 0 saturated carbocycles. The van der Waals surface area contributed by atoms with Gasteiger partial charge in [-0.05, 0) is 25.5 Å². The van der Waals surface area contributed by atoms with Crippen LogP contribution in [0, 0.1) is 6.92 Å². The Labute approximate surface area is 135 Å². The molecule has 0 saturated heterocycles. The maximum absolute atomic E-state index is 11.7. The molecule has 0 aliphatic carbocycles. The predicted octanol–water partition coefficient (Wildman–Crippen LogP) is 3.49. The van der Waals surface area contributed by atoms with Crippen molar-refractivity contribution in [2.45, 2.75) is 39.7 Å². The maximum Gasteiger partial charge on any atom is 0.226 e. The van der Waals surface area contributed by atoms with Crippen LogP contribution in [0.1, 0.15) is 36.0 Å².